The van der Waals surface area contributed by atoms with Crippen LogP contribution in [-0.4, -0.2) is 18.8 Å². The largest absolute Gasteiger partial charge is 0.310 e. The van der Waals surface area contributed by atoms with Gasteiger partial charge < -0.3 is 5.32 Å². The van der Waals surface area contributed by atoms with E-state index in [1.54, 1.807) is 0 Å². The lowest BCUT2D eigenvalue weighted by Gasteiger charge is -2.13. The van der Waals surface area contributed by atoms with Crippen LogP contribution in [0.5, 0.6) is 0 Å². The summed E-state index contributed by atoms with van der Waals surface area (Å²) in [5.41, 5.74) is 6.91. The zero-order chi connectivity index (χ0) is 18.5. The van der Waals surface area contributed by atoms with Crippen LogP contribution in [0.15, 0.2) is 41.4 Å². The van der Waals surface area contributed by atoms with Gasteiger partial charge in [0.15, 0.2) is 0 Å². The predicted molar refractivity (Wildman–Crippen MR) is 128 cm³/mol. The molecule has 1 unspecified atom stereocenters. The molecule has 1 fully saturated rings. The molecule has 4 rings (SSSR count). The first-order chi connectivity index (χ1) is 12.5. The number of nitrogens with one attached hydrogen (secondary N) is 1. The second kappa shape index (κ2) is 9.64. The minimum Gasteiger partial charge on any atom is -0.310 e. The van der Waals surface area contributed by atoms with Crippen LogP contribution in [0.3, 0.4) is 0 Å². The van der Waals surface area contributed by atoms with Crippen molar-refractivity contribution in [3.05, 3.63) is 65.8 Å². The van der Waals surface area contributed by atoms with E-state index in [9.17, 15) is 0 Å². The van der Waals surface area contributed by atoms with E-state index in [1.165, 1.54) is 60.9 Å². The molecule has 0 radical (unpaired) electrons. The van der Waals surface area contributed by atoms with Crippen molar-refractivity contribution >= 4 is 50.9 Å². The molecule has 2 aliphatic rings. The van der Waals surface area contributed by atoms with Crippen LogP contribution in [0.1, 0.15) is 54.0 Å². The smallest absolute Gasteiger partial charge is 0.0424 e. The van der Waals surface area contributed by atoms with Gasteiger partial charge in [-0.1, -0.05) is 12.1 Å². The van der Waals surface area contributed by atoms with Crippen LogP contribution in [0.25, 0.3) is 0 Å². The molecule has 138 valence electrons. The fraction of sp³-hybridized carbons (Fsp3) is 0.409. The van der Waals surface area contributed by atoms with Crippen LogP contribution in [0, 0.1) is 21.0 Å². The molecule has 2 aliphatic heterocycles. The number of hydrogen-bond donors (Lipinski definition) is 1. The molecule has 2 nitrogen and oxygen atoms in total. The van der Waals surface area contributed by atoms with Crippen LogP contribution in [0.4, 0.5) is 0 Å². The Bertz CT molecular complexity index is 793. The first-order valence-corrected chi connectivity index (χ1v) is 11.5. The molecule has 0 spiro atoms. The lowest BCUT2D eigenvalue weighted by atomic mass is 10.0. The zero-order valence-electron chi connectivity index (χ0n) is 15.5. The van der Waals surface area contributed by atoms with Gasteiger partial charge in [-0.25, -0.2) is 0 Å². The molecule has 1 saturated heterocycles. The molecule has 0 saturated carbocycles. The normalized spacial score (nSPS) is 19.1. The lowest BCUT2D eigenvalue weighted by molar-refractivity contribution is 0.643. The monoisotopic (exact) mass is 572 g/mol. The molecule has 26 heavy (non-hydrogen) atoms. The number of nitrogens with zero attached hydrogens (tertiary/aromatic N) is 1. The summed E-state index contributed by atoms with van der Waals surface area (Å²) >= 11 is 4.73. The van der Waals surface area contributed by atoms with Crippen molar-refractivity contribution in [2.24, 2.45) is 4.99 Å². The van der Waals surface area contributed by atoms with Gasteiger partial charge in [0.2, 0.25) is 0 Å². The first kappa shape index (κ1) is 20.3. The number of aryl methyl sites for hydroxylation is 2. The third-order valence-electron chi connectivity index (χ3n) is 5.06. The minimum absolute atomic E-state index is 0.606. The highest BCUT2D eigenvalue weighted by Gasteiger charge is 2.17. The summed E-state index contributed by atoms with van der Waals surface area (Å²) in [6.45, 7) is 6.55. The quantitative estimate of drug-likeness (QED) is 0.426. The van der Waals surface area contributed by atoms with Crippen molar-refractivity contribution < 1.29 is 0 Å². The number of benzene rings is 2. The Morgan fingerprint density at radius 1 is 0.962 bits per heavy atom. The highest BCUT2D eigenvalue weighted by atomic mass is 127. The lowest BCUT2D eigenvalue weighted by Crippen LogP contribution is -2.14. The highest BCUT2D eigenvalue weighted by molar-refractivity contribution is 14.1. The van der Waals surface area contributed by atoms with Crippen molar-refractivity contribution in [1.29, 1.82) is 0 Å². The van der Waals surface area contributed by atoms with Gasteiger partial charge in [0.05, 0.1) is 0 Å². The fourth-order valence-electron chi connectivity index (χ4n) is 3.60. The Hall–Kier alpha value is -0.470. The molecule has 2 aromatic carbocycles. The van der Waals surface area contributed by atoms with Crippen molar-refractivity contribution in [3.63, 3.8) is 0 Å². The second-order valence-electron chi connectivity index (χ2n) is 7.04. The highest BCUT2D eigenvalue weighted by Crippen LogP contribution is 2.27. The van der Waals surface area contributed by atoms with E-state index in [1.807, 2.05) is 0 Å². The van der Waals surface area contributed by atoms with Gasteiger partial charge in [0.1, 0.15) is 0 Å². The summed E-state index contributed by atoms with van der Waals surface area (Å²) in [6.07, 6.45) is 4.98. The Morgan fingerprint density at radius 2 is 1.69 bits per heavy atom. The molecule has 0 bridgehead atoms. The predicted octanol–water partition coefficient (Wildman–Crippen LogP) is 6.21. The zero-order valence-corrected chi connectivity index (χ0v) is 19.8. The average molecular weight is 572 g/mol. The molecule has 4 heteroatoms. The molecular weight excluding hydrogens is 546 g/mol. The standard InChI is InChI=1S/C11H14IN.C11H12IN/c2*1-8-4-5-9(12)7-10(8)11-3-2-6-13-11/h4-5,7,11,13H,2-3,6H2,1H3;4-5,7H,2-3,6H2,1H3. The van der Waals surface area contributed by atoms with E-state index in [2.05, 4.69) is 106 Å². The summed E-state index contributed by atoms with van der Waals surface area (Å²) in [7, 11) is 0. The first-order valence-electron chi connectivity index (χ1n) is 9.34. The van der Waals surface area contributed by atoms with Crippen LogP contribution >= 0.6 is 45.2 Å². The molecule has 2 heterocycles. The van der Waals surface area contributed by atoms with Gasteiger partial charge in [-0.15, -0.1) is 0 Å². The molecule has 2 aromatic rings. The van der Waals surface area contributed by atoms with Gasteiger partial charge in [-0.3, -0.25) is 4.99 Å². The molecule has 1 N–H and O–H groups in total. The topological polar surface area (TPSA) is 24.4 Å². The van der Waals surface area contributed by atoms with E-state index in [0.717, 1.165) is 13.0 Å². The van der Waals surface area contributed by atoms with E-state index >= 15 is 0 Å². The van der Waals surface area contributed by atoms with Crippen molar-refractivity contribution in [3.8, 4) is 0 Å². The molecule has 0 aromatic heterocycles. The number of rotatable bonds is 2. The van der Waals surface area contributed by atoms with Crippen molar-refractivity contribution in [1.82, 2.24) is 5.32 Å². The number of halogens is 2. The van der Waals surface area contributed by atoms with Crippen molar-refractivity contribution in [2.75, 3.05) is 13.1 Å². The number of hydrogen-bond acceptors (Lipinski definition) is 2. The Morgan fingerprint density at radius 3 is 2.35 bits per heavy atom. The van der Waals surface area contributed by atoms with Crippen molar-refractivity contribution in [2.45, 2.75) is 45.6 Å². The summed E-state index contributed by atoms with van der Waals surface area (Å²) in [4.78, 5) is 4.52. The molecular formula is C22H26I2N2. The summed E-state index contributed by atoms with van der Waals surface area (Å²) in [5, 5.41) is 3.54. The molecule has 0 aliphatic carbocycles. The fourth-order valence-corrected chi connectivity index (χ4v) is 4.61. The Labute approximate surface area is 184 Å². The maximum absolute atomic E-state index is 4.52. The van der Waals surface area contributed by atoms with Gasteiger partial charge in [-0.05, 0) is 138 Å². The van der Waals surface area contributed by atoms with E-state index in [-0.39, 0.29) is 0 Å². The minimum atomic E-state index is 0.606. The maximum Gasteiger partial charge on any atom is 0.0424 e. The summed E-state index contributed by atoms with van der Waals surface area (Å²) < 4.78 is 2.64. The number of aliphatic imine (C=N–C) groups is 1. The maximum atomic E-state index is 4.52. The Kier molecular flexibility index (Phi) is 7.52. The van der Waals surface area contributed by atoms with Crippen LogP contribution in [-0.2, 0) is 0 Å². The van der Waals surface area contributed by atoms with E-state index < -0.39 is 0 Å². The van der Waals surface area contributed by atoms with E-state index in [0.29, 0.717) is 6.04 Å². The summed E-state index contributed by atoms with van der Waals surface area (Å²) in [5.74, 6) is 0. The SMILES string of the molecule is Cc1ccc(I)cc1C1=NCCC1.Cc1ccc(I)cc1C1CCCN1. The second-order valence-corrected chi connectivity index (χ2v) is 9.53. The molecule has 0 amide bonds. The van der Waals surface area contributed by atoms with Gasteiger partial charge in [0, 0.05) is 25.4 Å². The van der Waals surface area contributed by atoms with E-state index in [4.69, 9.17) is 0 Å². The van der Waals surface area contributed by atoms with Gasteiger partial charge in [0.25, 0.3) is 0 Å². The van der Waals surface area contributed by atoms with Gasteiger partial charge in [-0.2, -0.15) is 0 Å². The third-order valence-corrected chi connectivity index (χ3v) is 6.40. The van der Waals surface area contributed by atoms with Gasteiger partial charge >= 0.3 is 0 Å². The summed E-state index contributed by atoms with van der Waals surface area (Å²) in [6, 6.07) is 13.9. The third kappa shape index (κ3) is 5.29. The van der Waals surface area contributed by atoms with Crippen LogP contribution < -0.4 is 5.32 Å². The Balaban J connectivity index is 0.000000151. The molecule has 1 atom stereocenters. The van der Waals surface area contributed by atoms with Crippen LogP contribution in [0.2, 0.25) is 0 Å². The average Bonchev–Trinajstić information content (AvgIpc) is 3.33.